The summed E-state index contributed by atoms with van der Waals surface area (Å²) in [5.74, 6) is 5.36. The SMILES string of the molecule is NNC(Cc1ccccc1)Cc1ccc(Br)cc1F. The van der Waals surface area contributed by atoms with Crippen molar-refractivity contribution in [1.82, 2.24) is 5.43 Å². The molecule has 1 atom stereocenters. The van der Waals surface area contributed by atoms with Crippen LogP contribution in [0.4, 0.5) is 4.39 Å². The van der Waals surface area contributed by atoms with Gasteiger partial charge < -0.3 is 0 Å². The van der Waals surface area contributed by atoms with E-state index in [1.807, 2.05) is 36.4 Å². The first kappa shape index (κ1) is 14.2. The van der Waals surface area contributed by atoms with E-state index < -0.39 is 0 Å². The smallest absolute Gasteiger partial charge is 0.127 e. The van der Waals surface area contributed by atoms with Crippen molar-refractivity contribution in [3.05, 3.63) is 69.9 Å². The Morgan fingerprint density at radius 2 is 1.84 bits per heavy atom. The molecule has 0 saturated heterocycles. The predicted octanol–water partition coefficient (Wildman–Crippen LogP) is 3.21. The molecular weight excluding hydrogens is 307 g/mol. The largest absolute Gasteiger partial charge is 0.271 e. The van der Waals surface area contributed by atoms with Crippen LogP contribution in [0.5, 0.6) is 0 Å². The molecule has 0 aliphatic heterocycles. The Balaban J connectivity index is 2.06. The molecule has 2 aromatic carbocycles. The van der Waals surface area contributed by atoms with Gasteiger partial charge in [0.15, 0.2) is 0 Å². The summed E-state index contributed by atoms with van der Waals surface area (Å²) < 4.78 is 14.5. The van der Waals surface area contributed by atoms with Crippen LogP contribution in [0.15, 0.2) is 53.0 Å². The van der Waals surface area contributed by atoms with Crippen LogP contribution in [0.2, 0.25) is 0 Å². The Morgan fingerprint density at radius 3 is 2.47 bits per heavy atom. The van der Waals surface area contributed by atoms with Crippen molar-refractivity contribution in [2.24, 2.45) is 5.84 Å². The number of hydrazine groups is 1. The molecule has 1 unspecified atom stereocenters. The average molecular weight is 323 g/mol. The highest BCUT2D eigenvalue weighted by Gasteiger charge is 2.12. The lowest BCUT2D eigenvalue weighted by Crippen LogP contribution is -2.38. The first-order valence-corrected chi connectivity index (χ1v) is 6.92. The van der Waals surface area contributed by atoms with E-state index in [1.165, 1.54) is 11.6 Å². The van der Waals surface area contributed by atoms with Crippen molar-refractivity contribution in [3.63, 3.8) is 0 Å². The second kappa shape index (κ2) is 6.80. The van der Waals surface area contributed by atoms with Crippen molar-refractivity contribution < 1.29 is 4.39 Å². The van der Waals surface area contributed by atoms with Gasteiger partial charge in [0, 0.05) is 10.5 Å². The van der Waals surface area contributed by atoms with Gasteiger partial charge in [0.05, 0.1) is 0 Å². The zero-order chi connectivity index (χ0) is 13.7. The van der Waals surface area contributed by atoms with Crippen molar-refractivity contribution in [2.75, 3.05) is 0 Å². The van der Waals surface area contributed by atoms with Crippen LogP contribution in [-0.2, 0) is 12.8 Å². The number of nitrogens with one attached hydrogen (secondary N) is 1. The second-order valence-electron chi connectivity index (χ2n) is 4.49. The number of halogens is 2. The third-order valence-corrected chi connectivity index (χ3v) is 3.54. The van der Waals surface area contributed by atoms with Crippen LogP contribution in [0, 0.1) is 5.82 Å². The summed E-state index contributed by atoms with van der Waals surface area (Å²) in [5, 5.41) is 0. The fourth-order valence-corrected chi connectivity index (χ4v) is 2.37. The zero-order valence-electron chi connectivity index (χ0n) is 10.4. The van der Waals surface area contributed by atoms with Gasteiger partial charge in [0.1, 0.15) is 5.82 Å². The number of hydrogen-bond donors (Lipinski definition) is 2. The first-order chi connectivity index (χ1) is 9.19. The molecule has 100 valence electrons. The van der Waals surface area contributed by atoms with Gasteiger partial charge in [-0.1, -0.05) is 52.3 Å². The molecule has 0 aromatic heterocycles. The van der Waals surface area contributed by atoms with Crippen molar-refractivity contribution in [2.45, 2.75) is 18.9 Å². The fourth-order valence-electron chi connectivity index (χ4n) is 2.04. The molecular formula is C15H16BrFN2. The van der Waals surface area contributed by atoms with Crippen molar-refractivity contribution >= 4 is 15.9 Å². The fraction of sp³-hybridized carbons (Fsp3) is 0.200. The molecule has 3 N–H and O–H groups in total. The monoisotopic (exact) mass is 322 g/mol. The lowest BCUT2D eigenvalue weighted by molar-refractivity contribution is 0.506. The number of hydrogen-bond acceptors (Lipinski definition) is 2. The molecule has 0 amide bonds. The topological polar surface area (TPSA) is 38.0 Å². The standard InChI is InChI=1S/C15H16BrFN2/c16-13-7-6-12(15(17)10-13)9-14(19-18)8-11-4-2-1-3-5-11/h1-7,10,14,19H,8-9,18H2. The molecule has 2 nitrogen and oxygen atoms in total. The maximum atomic E-state index is 13.8. The first-order valence-electron chi connectivity index (χ1n) is 6.13. The van der Waals surface area contributed by atoms with E-state index in [1.54, 1.807) is 6.07 Å². The maximum absolute atomic E-state index is 13.8. The Labute approximate surface area is 120 Å². The highest BCUT2D eigenvalue weighted by atomic mass is 79.9. The molecule has 0 aliphatic rings. The summed E-state index contributed by atoms with van der Waals surface area (Å²) in [7, 11) is 0. The molecule has 0 radical (unpaired) electrons. The molecule has 0 aliphatic carbocycles. The van der Waals surface area contributed by atoms with Gasteiger partial charge in [-0.3, -0.25) is 11.3 Å². The molecule has 2 aromatic rings. The summed E-state index contributed by atoms with van der Waals surface area (Å²) in [4.78, 5) is 0. The quantitative estimate of drug-likeness (QED) is 0.655. The highest BCUT2D eigenvalue weighted by molar-refractivity contribution is 9.10. The Kier molecular flexibility index (Phi) is 5.07. The van der Waals surface area contributed by atoms with E-state index in [-0.39, 0.29) is 11.9 Å². The summed E-state index contributed by atoms with van der Waals surface area (Å²) in [5.41, 5.74) is 4.61. The van der Waals surface area contributed by atoms with Gasteiger partial charge in [-0.2, -0.15) is 0 Å². The minimum absolute atomic E-state index is 0.0121. The van der Waals surface area contributed by atoms with Crippen LogP contribution in [-0.4, -0.2) is 6.04 Å². The Bertz CT molecular complexity index is 531. The van der Waals surface area contributed by atoms with Gasteiger partial charge in [0.2, 0.25) is 0 Å². The molecule has 2 rings (SSSR count). The molecule has 0 bridgehead atoms. The number of nitrogens with two attached hydrogens (primary N) is 1. The van der Waals surface area contributed by atoms with E-state index in [9.17, 15) is 4.39 Å². The van der Waals surface area contributed by atoms with Crippen molar-refractivity contribution in [3.8, 4) is 0 Å². The normalized spacial score (nSPS) is 12.4. The van der Waals surface area contributed by atoms with Gasteiger partial charge in [-0.05, 0) is 36.1 Å². The Morgan fingerprint density at radius 1 is 1.11 bits per heavy atom. The molecule has 19 heavy (non-hydrogen) atoms. The van der Waals surface area contributed by atoms with E-state index in [2.05, 4.69) is 21.4 Å². The van der Waals surface area contributed by atoms with Crippen molar-refractivity contribution in [1.29, 1.82) is 0 Å². The lowest BCUT2D eigenvalue weighted by atomic mass is 9.99. The third kappa shape index (κ3) is 4.13. The molecule has 0 heterocycles. The van der Waals surface area contributed by atoms with Crippen LogP contribution in [0.1, 0.15) is 11.1 Å². The average Bonchev–Trinajstić information content (AvgIpc) is 2.42. The molecule has 0 saturated carbocycles. The minimum Gasteiger partial charge on any atom is -0.271 e. The summed E-state index contributed by atoms with van der Waals surface area (Å²) in [6, 6.07) is 15.2. The lowest BCUT2D eigenvalue weighted by Gasteiger charge is -2.16. The summed E-state index contributed by atoms with van der Waals surface area (Å²) >= 11 is 3.25. The molecule has 0 spiro atoms. The Hall–Kier alpha value is -1.23. The number of benzene rings is 2. The maximum Gasteiger partial charge on any atom is 0.127 e. The number of rotatable bonds is 5. The summed E-state index contributed by atoms with van der Waals surface area (Å²) in [6.45, 7) is 0. The highest BCUT2D eigenvalue weighted by Crippen LogP contribution is 2.17. The zero-order valence-corrected chi connectivity index (χ0v) is 12.0. The minimum atomic E-state index is -0.206. The van der Waals surface area contributed by atoms with E-state index in [4.69, 9.17) is 5.84 Å². The van der Waals surface area contributed by atoms with E-state index >= 15 is 0 Å². The molecule has 4 heteroatoms. The van der Waals surface area contributed by atoms with Crippen LogP contribution in [0.25, 0.3) is 0 Å². The van der Waals surface area contributed by atoms with E-state index in [0.717, 1.165) is 10.9 Å². The van der Waals surface area contributed by atoms with Gasteiger partial charge >= 0.3 is 0 Å². The van der Waals surface area contributed by atoms with E-state index in [0.29, 0.717) is 12.0 Å². The van der Waals surface area contributed by atoms with Gasteiger partial charge in [-0.15, -0.1) is 0 Å². The second-order valence-corrected chi connectivity index (χ2v) is 5.41. The van der Waals surface area contributed by atoms with Gasteiger partial charge in [-0.25, -0.2) is 4.39 Å². The van der Waals surface area contributed by atoms with Crippen LogP contribution < -0.4 is 11.3 Å². The summed E-state index contributed by atoms with van der Waals surface area (Å²) in [6.07, 6.45) is 1.33. The van der Waals surface area contributed by atoms with Gasteiger partial charge in [0.25, 0.3) is 0 Å². The third-order valence-electron chi connectivity index (χ3n) is 3.04. The van der Waals surface area contributed by atoms with Crippen LogP contribution >= 0.6 is 15.9 Å². The van der Waals surface area contributed by atoms with Crippen LogP contribution in [0.3, 0.4) is 0 Å². The molecule has 0 fully saturated rings. The predicted molar refractivity (Wildman–Crippen MR) is 79.1 cm³/mol.